The molecule has 1 saturated heterocycles. The Morgan fingerprint density at radius 1 is 1.10 bits per heavy atom. The smallest absolute Gasteiger partial charge is 0.198 e. The van der Waals surface area contributed by atoms with Gasteiger partial charge in [-0.25, -0.2) is 9.97 Å². The predicted molar refractivity (Wildman–Crippen MR) is 83.4 cm³/mol. The molecular formula is C17H17N3O. The summed E-state index contributed by atoms with van der Waals surface area (Å²) in [6.45, 7) is 4.24. The number of nitrogens with zero attached hydrogens (tertiary/aromatic N) is 3. The van der Waals surface area contributed by atoms with E-state index in [0.717, 1.165) is 35.6 Å². The van der Waals surface area contributed by atoms with Crippen LogP contribution in [0.15, 0.2) is 41.0 Å². The molecule has 21 heavy (non-hydrogen) atoms. The first-order valence-corrected chi connectivity index (χ1v) is 7.38. The van der Waals surface area contributed by atoms with Crippen LogP contribution in [0.1, 0.15) is 18.4 Å². The summed E-state index contributed by atoms with van der Waals surface area (Å²) in [5, 5.41) is 1.13. The predicted octanol–water partition coefficient (Wildman–Crippen LogP) is 3.80. The largest absolute Gasteiger partial charge is 0.461 e. The van der Waals surface area contributed by atoms with Gasteiger partial charge < -0.3 is 9.32 Å². The van der Waals surface area contributed by atoms with Crippen molar-refractivity contribution in [2.75, 3.05) is 18.0 Å². The summed E-state index contributed by atoms with van der Waals surface area (Å²) in [7, 11) is 0. The van der Waals surface area contributed by atoms with Gasteiger partial charge in [-0.05, 0) is 44.0 Å². The highest BCUT2D eigenvalue weighted by Crippen LogP contribution is 2.30. The van der Waals surface area contributed by atoms with Crippen molar-refractivity contribution in [1.82, 2.24) is 9.97 Å². The van der Waals surface area contributed by atoms with Gasteiger partial charge in [-0.15, -0.1) is 0 Å². The molecule has 0 atom stereocenters. The lowest BCUT2D eigenvalue weighted by Gasteiger charge is -2.19. The molecule has 4 rings (SSSR count). The standard InChI is InChI=1S/C17H17N3O/c1-12-6-7-14-13(11-12)17(20-8-2-3-9-20)19-16(18-14)15-5-4-10-21-15/h4-7,10-11H,2-3,8-9H2,1H3. The molecule has 0 N–H and O–H groups in total. The van der Waals surface area contributed by atoms with Gasteiger partial charge in [0.25, 0.3) is 0 Å². The minimum atomic E-state index is 0.665. The lowest BCUT2D eigenvalue weighted by atomic mass is 10.1. The molecule has 0 aliphatic carbocycles. The van der Waals surface area contributed by atoms with Gasteiger partial charge in [0, 0.05) is 18.5 Å². The highest BCUT2D eigenvalue weighted by molar-refractivity contribution is 5.91. The Morgan fingerprint density at radius 3 is 2.71 bits per heavy atom. The molecule has 1 aromatic carbocycles. The van der Waals surface area contributed by atoms with Gasteiger partial charge in [0.05, 0.1) is 11.8 Å². The minimum Gasteiger partial charge on any atom is -0.461 e. The highest BCUT2D eigenvalue weighted by atomic mass is 16.3. The summed E-state index contributed by atoms with van der Waals surface area (Å²) >= 11 is 0. The van der Waals surface area contributed by atoms with E-state index in [4.69, 9.17) is 9.40 Å². The molecule has 1 aliphatic heterocycles. The Balaban J connectivity index is 1.96. The van der Waals surface area contributed by atoms with Crippen molar-refractivity contribution in [3.05, 3.63) is 42.2 Å². The second-order valence-corrected chi connectivity index (χ2v) is 5.56. The Morgan fingerprint density at radius 2 is 1.95 bits per heavy atom. The normalized spacial score (nSPS) is 15.0. The number of benzene rings is 1. The van der Waals surface area contributed by atoms with Crippen LogP contribution in [0, 0.1) is 6.92 Å². The molecule has 4 nitrogen and oxygen atoms in total. The molecule has 0 unspecified atom stereocenters. The number of rotatable bonds is 2. The fourth-order valence-corrected chi connectivity index (χ4v) is 2.91. The Kier molecular flexibility index (Phi) is 2.88. The molecule has 0 saturated carbocycles. The Labute approximate surface area is 123 Å². The first-order chi connectivity index (χ1) is 10.3. The first kappa shape index (κ1) is 12.4. The lowest BCUT2D eigenvalue weighted by molar-refractivity contribution is 0.577. The average Bonchev–Trinajstić information content (AvgIpc) is 3.19. The van der Waals surface area contributed by atoms with E-state index in [1.54, 1.807) is 6.26 Å². The van der Waals surface area contributed by atoms with Crippen LogP contribution in [0.4, 0.5) is 5.82 Å². The summed E-state index contributed by atoms with van der Waals surface area (Å²) in [6, 6.07) is 10.1. The molecule has 2 aromatic heterocycles. The molecular weight excluding hydrogens is 262 g/mol. The van der Waals surface area contributed by atoms with E-state index in [-0.39, 0.29) is 0 Å². The molecule has 0 bridgehead atoms. The van der Waals surface area contributed by atoms with Crippen LogP contribution in [0.5, 0.6) is 0 Å². The quantitative estimate of drug-likeness (QED) is 0.715. The third-order valence-corrected chi connectivity index (χ3v) is 3.98. The zero-order valence-electron chi connectivity index (χ0n) is 12.0. The zero-order chi connectivity index (χ0) is 14.2. The van der Waals surface area contributed by atoms with E-state index >= 15 is 0 Å². The van der Waals surface area contributed by atoms with Crippen molar-refractivity contribution < 1.29 is 4.42 Å². The van der Waals surface area contributed by atoms with Crippen molar-refractivity contribution in [3.8, 4) is 11.6 Å². The van der Waals surface area contributed by atoms with Gasteiger partial charge in [-0.1, -0.05) is 11.6 Å². The number of aromatic nitrogens is 2. The fraction of sp³-hybridized carbons (Fsp3) is 0.294. The van der Waals surface area contributed by atoms with E-state index in [1.165, 1.54) is 18.4 Å². The van der Waals surface area contributed by atoms with Crippen LogP contribution < -0.4 is 4.90 Å². The fourth-order valence-electron chi connectivity index (χ4n) is 2.91. The van der Waals surface area contributed by atoms with Gasteiger partial charge in [0.15, 0.2) is 11.6 Å². The molecule has 0 radical (unpaired) electrons. The molecule has 106 valence electrons. The molecule has 1 fully saturated rings. The van der Waals surface area contributed by atoms with E-state index in [0.29, 0.717) is 5.82 Å². The van der Waals surface area contributed by atoms with Crippen LogP contribution in [0.2, 0.25) is 0 Å². The number of anilines is 1. The maximum atomic E-state index is 5.47. The minimum absolute atomic E-state index is 0.665. The molecule has 4 heteroatoms. The maximum absolute atomic E-state index is 5.47. The lowest BCUT2D eigenvalue weighted by Crippen LogP contribution is -2.20. The van der Waals surface area contributed by atoms with Crippen LogP contribution >= 0.6 is 0 Å². The van der Waals surface area contributed by atoms with Crippen molar-refractivity contribution in [2.45, 2.75) is 19.8 Å². The van der Waals surface area contributed by atoms with Gasteiger partial charge in [-0.2, -0.15) is 0 Å². The number of fused-ring (bicyclic) bond motifs is 1. The van der Waals surface area contributed by atoms with Crippen LogP contribution in [0.3, 0.4) is 0 Å². The second-order valence-electron chi connectivity index (χ2n) is 5.56. The third-order valence-electron chi connectivity index (χ3n) is 3.98. The van der Waals surface area contributed by atoms with Crippen molar-refractivity contribution >= 4 is 16.7 Å². The van der Waals surface area contributed by atoms with Crippen molar-refractivity contribution in [3.63, 3.8) is 0 Å². The van der Waals surface area contributed by atoms with Gasteiger partial charge in [0.2, 0.25) is 0 Å². The molecule has 0 spiro atoms. The van der Waals surface area contributed by atoms with Crippen molar-refractivity contribution in [1.29, 1.82) is 0 Å². The molecule has 3 aromatic rings. The summed E-state index contributed by atoms with van der Waals surface area (Å²) in [5.74, 6) is 2.42. The zero-order valence-corrected chi connectivity index (χ0v) is 12.0. The maximum Gasteiger partial charge on any atom is 0.198 e. The van der Waals surface area contributed by atoms with E-state index in [2.05, 4.69) is 35.0 Å². The number of aryl methyl sites for hydroxylation is 1. The van der Waals surface area contributed by atoms with Gasteiger partial charge in [-0.3, -0.25) is 0 Å². The summed E-state index contributed by atoms with van der Waals surface area (Å²) in [4.78, 5) is 11.8. The van der Waals surface area contributed by atoms with Gasteiger partial charge in [0.1, 0.15) is 5.82 Å². The van der Waals surface area contributed by atoms with E-state index in [9.17, 15) is 0 Å². The summed E-state index contributed by atoms with van der Waals surface area (Å²) in [5.41, 5.74) is 2.21. The number of hydrogen-bond donors (Lipinski definition) is 0. The van der Waals surface area contributed by atoms with E-state index in [1.807, 2.05) is 12.1 Å². The van der Waals surface area contributed by atoms with E-state index < -0.39 is 0 Å². The molecule has 3 heterocycles. The first-order valence-electron chi connectivity index (χ1n) is 7.38. The Hall–Kier alpha value is -2.36. The second kappa shape index (κ2) is 4.88. The van der Waals surface area contributed by atoms with Crippen LogP contribution in [0.25, 0.3) is 22.5 Å². The van der Waals surface area contributed by atoms with Crippen LogP contribution in [-0.4, -0.2) is 23.1 Å². The summed E-state index contributed by atoms with van der Waals surface area (Å²) in [6.07, 6.45) is 4.12. The van der Waals surface area contributed by atoms with Crippen molar-refractivity contribution in [2.24, 2.45) is 0 Å². The summed E-state index contributed by atoms with van der Waals surface area (Å²) < 4.78 is 5.47. The SMILES string of the molecule is Cc1ccc2nc(-c3ccco3)nc(N3CCCC3)c2c1. The monoisotopic (exact) mass is 279 g/mol. The topological polar surface area (TPSA) is 42.2 Å². The molecule has 0 amide bonds. The highest BCUT2D eigenvalue weighted by Gasteiger charge is 2.19. The average molecular weight is 279 g/mol. The number of hydrogen-bond acceptors (Lipinski definition) is 4. The van der Waals surface area contributed by atoms with Crippen LogP contribution in [-0.2, 0) is 0 Å². The van der Waals surface area contributed by atoms with Gasteiger partial charge >= 0.3 is 0 Å². The third kappa shape index (κ3) is 2.17. The Bertz CT molecular complexity index is 774. The number of furan rings is 1. The molecule has 1 aliphatic rings.